The first-order valence-corrected chi connectivity index (χ1v) is 9.08. The van der Waals surface area contributed by atoms with Crippen LogP contribution in [0.25, 0.3) is 0 Å². The van der Waals surface area contributed by atoms with Crippen LogP contribution in [0.3, 0.4) is 0 Å². The zero-order chi connectivity index (χ0) is 15.8. The predicted molar refractivity (Wildman–Crippen MR) is 92.1 cm³/mol. The summed E-state index contributed by atoms with van der Waals surface area (Å²) in [6.07, 6.45) is 2.51. The summed E-state index contributed by atoms with van der Waals surface area (Å²) in [7, 11) is -3.49. The molecular weight excluding hydrogens is 338 g/mol. The van der Waals surface area contributed by atoms with E-state index in [0.717, 1.165) is 25.9 Å². The summed E-state index contributed by atoms with van der Waals surface area (Å²) in [5.41, 5.74) is 0. The van der Waals surface area contributed by atoms with Crippen molar-refractivity contribution in [2.75, 3.05) is 26.2 Å². The molecule has 2 rings (SSSR count). The molecule has 0 spiro atoms. The van der Waals surface area contributed by atoms with Gasteiger partial charge in [0.05, 0.1) is 4.90 Å². The van der Waals surface area contributed by atoms with Crippen molar-refractivity contribution in [3.63, 3.8) is 0 Å². The van der Waals surface area contributed by atoms with E-state index >= 15 is 0 Å². The second-order valence-electron chi connectivity index (χ2n) is 5.46. The third-order valence-corrected chi connectivity index (χ3v) is 5.21. The molecule has 0 aliphatic carbocycles. The minimum absolute atomic E-state index is 0. The van der Waals surface area contributed by atoms with Gasteiger partial charge in [-0.1, -0.05) is 18.2 Å². The zero-order valence-corrected chi connectivity index (χ0v) is 14.6. The van der Waals surface area contributed by atoms with Crippen LogP contribution in [0.1, 0.15) is 19.3 Å². The van der Waals surface area contributed by atoms with Crippen LogP contribution in [0.5, 0.6) is 0 Å². The van der Waals surface area contributed by atoms with Gasteiger partial charge in [-0.15, -0.1) is 12.4 Å². The van der Waals surface area contributed by atoms with E-state index in [-0.39, 0.29) is 29.8 Å². The van der Waals surface area contributed by atoms with Gasteiger partial charge in [0, 0.05) is 19.5 Å². The molecule has 1 heterocycles. The first kappa shape index (κ1) is 19.9. The van der Waals surface area contributed by atoms with Gasteiger partial charge in [-0.2, -0.15) is 0 Å². The molecule has 0 saturated carbocycles. The van der Waals surface area contributed by atoms with E-state index in [2.05, 4.69) is 15.4 Å². The van der Waals surface area contributed by atoms with E-state index in [0.29, 0.717) is 18.9 Å². The average molecular weight is 362 g/mol. The van der Waals surface area contributed by atoms with Crippen LogP contribution in [-0.2, 0) is 14.8 Å². The smallest absolute Gasteiger partial charge is 0.240 e. The molecule has 1 aliphatic heterocycles. The fraction of sp³-hybridized carbons (Fsp3) is 0.533. The average Bonchev–Trinajstić information content (AvgIpc) is 3.04. The summed E-state index contributed by atoms with van der Waals surface area (Å²) in [6, 6.07) is 8.19. The van der Waals surface area contributed by atoms with Crippen molar-refractivity contribution in [3.8, 4) is 0 Å². The zero-order valence-electron chi connectivity index (χ0n) is 13.0. The summed E-state index contributed by atoms with van der Waals surface area (Å²) >= 11 is 0. The van der Waals surface area contributed by atoms with Gasteiger partial charge >= 0.3 is 0 Å². The van der Waals surface area contributed by atoms with Crippen molar-refractivity contribution in [2.24, 2.45) is 5.92 Å². The summed E-state index contributed by atoms with van der Waals surface area (Å²) in [5.74, 6) is 0.563. The molecule has 0 bridgehead atoms. The van der Waals surface area contributed by atoms with E-state index in [4.69, 9.17) is 0 Å². The number of hydrogen-bond acceptors (Lipinski definition) is 4. The second-order valence-corrected chi connectivity index (χ2v) is 7.23. The van der Waals surface area contributed by atoms with Crippen LogP contribution >= 0.6 is 12.4 Å². The molecule has 1 aliphatic rings. The fourth-order valence-electron chi connectivity index (χ4n) is 2.45. The topological polar surface area (TPSA) is 87.3 Å². The molecular formula is C15H24ClN3O3S. The van der Waals surface area contributed by atoms with Crippen molar-refractivity contribution in [1.82, 2.24) is 15.4 Å². The van der Waals surface area contributed by atoms with Gasteiger partial charge in [0.2, 0.25) is 15.9 Å². The lowest BCUT2D eigenvalue weighted by atomic mass is 10.0. The lowest BCUT2D eigenvalue weighted by Gasteiger charge is -2.09. The number of nitrogens with one attached hydrogen (secondary N) is 3. The number of carbonyl (C=O) groups is 1. The van der Waals surface area contributed by atoms with Crippen molar-refractivity contribution in [3.05, 3.63) is 30.3 Å². The van der Waals surface area contributed by atoms with Gasteiger partial charge in [-0.3, -0.25) is 4.79 Å². The Morgan fingerprint density at radius 3 is 2.61 bits per heavy atom. The number of amides is 1. The highest BCUT2D eigenvalue weighted by Crippen LogP contribution is 2.13. The maximum Gasteiger partial charge on any atom is 0.240 e. The first-order chi connectivity index (χ1) is 10.6. The quantitative estimate of drug-likeness (QED) is 0.600. The van der Waals surface area contributed by atoms with E-state index < -0.39 is 10.0 Å². The first-order valence-electron chi connectivity index (χ1n) is 7.60. The van der Waals surface area contributed by atoms with E-state index in [9.17, 15) is 13.2 Å². The van der Waals surface area contributed by atoms with Gasteiger partial charge < -0.3 is 10.6 Å². The highest BCUT2D eigenvalue weighted by molar-refractivity contribution is 7.89. The van der Waals surface area contributed by atoms with Gasteiger partial charge in [-0.05, 0) is 44.0 Å². The standard InChI is InChI=1S/C15H23N3O3S.ClH/c19-15(7-6-13-8-9-16-12-13)17-10-11-18-22(20,21)14-4-2-1-3-5-14;/h1-5,13,16,18H,6-12H2,(H,17,19);1H. The second kappa shape index (κ2) is 9.87. The minimum atomic E-state index is -3.49. The molecule has 130 valence electrons. The molecule has 1 aromatic carbocycles. The number of hydrogen-bond donors (Lipinski definition) is 3. The van der Waals surface area contributed by atoms with Gasteiger partial charge in [0.1, 0.15) is 0 Å². The molecule has 6 nitrogen and oxygen atoms in total. The van der Waals surface area contributed by atoms with Crippen LogP contribution in [0.15, 0.2) is 35.2 Å². The third-order valence-electron chi connectivity index (χ3n) is 3.73. The SMILES string of the molecule is Cl.O=C(CCC1CCNC1)NCCNS(=O)(=O)c1ccccc1. The van der Waals surface area contributed by atoms with E-state index in [1.165, 1.54) is 12.1 Å². The molecule has 0 radical (unpaired) electrons. The highest BCUT2D eigenvalue weighted by atomic mass is 35.5. The van der Waals surface area contributed by atoms with Gasteiger partial charge in [0.25, 0.3) is 0 Å². The summed E-state index contributed by atoms with van der Waals surface area (Å²) < 4.78 is 26.4. The Balaban J connectivity index is 0.00000264. The number of benzene rings is 1. The molecule has 23 heavy (non-hydrogen) atoms. The molecule has 1 atom stereocenters. The molecule has 1 saturated heterocycles. The molecule has 1 fully saturated rings. The van der Waals surface area contributed by atoms with Gasteiger partial charge in [-0.25, -0.2) is 13.1 Å². The van der Waals surface area contributed by atoms with Crippen LogP contribution in [0.2, 0.25) is 0 Å². The Hall–Kier alpha value is -1.15. The maximum absolute atomic E-state index is 11.9. The number of sulfonamides is 1. The Morgan fingerprint density at radius 1 is 1.22 bits per heavy atom. The summed E-state index contributed by atoms with van der Waals surface area (Å²) in [5, 5.41) is 6.02. The Bertz CT molecular complexity index is 575. The Kier molecular flexibility index (Phi) is 8.54. The highest BCUT2D eigenvalue weighted by Gasteiger charge is 2.16. The van der Waals surface area contributed by atoms with Crippen LogP contribution in [0.4, 0.5) is 0 Å². The largest absolute Gasteiger partial charge is 0.355 e. The maximum atomic E-state index is 11.9. The van der Waals surface area contributed by atoms with Crippen molar-refractivity contribution in [2.45, 2.75) is 24.2 Å². The summed E-state index contributed by atoms with van der Waals surface area (Å²) in [6.45, 7) is 2.51. The van der Waals surface area contributed by atoms with Crippen LogP contribution in [-0.4, -0.2) is 40.5 Å². The number of carbonyl (C=O) groups excluding carboxylic acids is 1. The molecule has 3 N–H and O–H groups in total. The predicted octanol–water partition coefficient (Wildman–Crippen LogP) is 0.893. The summed E-state index contributed by atoms with van der Waals surface area (Å²) in [4.78, 5) is 11.9. The van der Waals surface area contributed by atoms with Crippen molar-refractivity contribution in [1.29, 1.82) is 0 Å². The Labute approximate surface area is 143 Å². The molecule has 1 amide bonds. The lowest BCUT2D eigenvalue weighted by Crippen LogP contribution is -2.34. The van der Waals surface area contributed by atoms with Crippen LogP contribution < -0.4 is 15.4 Å². The number of rotatable bonds is 8. The fourth-order valence-corrected chi connectivity index (χ4v) is 3.51. The van der Waals surface area contributed by atoms with Crippen molar-refractivity contribution < 1.29 is 13.2 Å². The van der Waals surface area contributed by atoms with E-state index in [1.807, 2.05) is 0 Å². The minimum Gasteiger partial charge on any atom is -0.355 e. The number of halogens is 1. The molecule has 1 unspecified atom stereocenters. The third kappa shape index (κ3) is 6.87. The van der Waals surface area contributed by atoms with Gasteiger partial charge in [0.15, 0.2) is 0 Å². The lowest BCUT2D eigenvalue weighted by molar-refractivity contribution is -0.121. The monoisotopic (exact) mass is 361 g/mol. The molecule has 8 heteroatoms. The van der Waals surface area contributed by atoms with Crippen LogP contribution in [0, 0.1) is 5.92 Å². The normalized spacial score (nSPS) is 17.5. The van der Waals surface area contributed by atoms with Crippen molar-refractivity contribution >= 4 is 28.3 Å². The Morgan fingerprint density at radius 2 is 1.96 bits per heavy atom. The molecule has 1 aromatic rings. The molecule has 0 aromatic heterocycles. The van der Waals surface area contributed by atoms with E-state index in [1.54, 1.807) is 18.2 Å².